The molecule has 0 aromatic heterocycles. The molecule has 1 aliphatic carbocycles. The van der Waals surface area contributed by atoms with Crippen LogP contribution in [0.4, 0.5) is 0 Å². The summed E-state index contributed by atoms with van der Waals surface area (Å²) in [6.45, 7) is 2.12. The fraction of sp³-hybridized carbons (Fsp3) is 1.00. The number of ether oxygens (including phenoxy) is 1. The minimum atomic E-state index is 0.0799. The highest BCUT2D eigenvalue weighted by Crippen LogP contribution is 2.52. The molecule has 1 aliphatic heterocycles. The topological polar surface area (TPSA) is 24.5 Å². The monoisotopic (exact) mass is 184 g/mol. The van der Waals surface area contributed by atoms with Crippen LogP contribution in [0.15, 0.2) is 0 Å². The summed E-state index contributed by atoms with van der Waals surface area (Å²) < 4.78 is 5.78. The number of hydrogen-bond donors (Lipinski definition) is 1. The van der Waals surface area contributed by atoms with E-state index in [0.717, 1.165) is 19.5 Å². The van der Waals surface area contributed by atoms with Crippen LogP contribution in [0, 0.1) is 0 Å². The van der Waals surface area contributed by atoms with Gasteiger partial charge in [-0.1, -0.05) is 0 Å². The molecule has 2 rings (SSSR count). The number of likely N-dealkylation sites (N-methyl/N-ethyl adjacent to an activating group) is 1. The van der Waals surface area contributed by atoms with Gasteiger partial charge in [-0.3, -0.25) is 0 Å². The minimum Gasteiger partial charge on any atom is -0.375 e. The Morgan fingerprint density at radius 2 is 1.92 bits per heavy atom. The van der Waals surface area contributed by atoms with Gasteiger partial charge in [-0.15, -0.1) is 0 Å². The van der Waals surface area contributed by atoms with Gasteiger partial charge in [0.05, 0.1) is 11.1 Å². The maximum atomic E-state index is 5.78. The lowest BCUT2D eigenvalue weighted by Gasteiger charge is -2.40. The van der Waals surface area contributed by atoms with E-state index in [2.05, 4.69) is 24.3 Å². The van der Waals surface area contributed by atoms with Gasteiger partial charge < -0.3 is 15.0 Å². The molecule has 1 N–H and O–H groups in total. The molecule has 1 atom stereocenters. The molecule has 13 heavy (non-hydrogen) atoms. The molecule has 2 aliphatic rings. The second-order valence-electron chi connectivity index (χ2n) is 4.55. The van der Waals surface area contributed by atoms with E-state index < -0.39 is 0 Å². The highest BCUT2D eigenvalue weighted by atomic mass is 16.5. The summed E-state index contributed by atoms with van der Waals surface area (Å²) in [5.74, 6) is 0. The Morgan fingerprint density at radius 3 is 2.23 bits per heavy atom. The van der Waals surface area contributed by atoms with E-state index in [1.807, 2.05) is 7.11 Å². The molecule has 0 aromatic carbocycles. The molecule has 2 fully saturated rings. The molecule has 1 saturated heterocycles. The SMILES string of the molecule is COC1(C2(N(C)C)CC2)CCNC1. The first-order valence-corrected chi connectivity index (χ1v) is 5.10. The summed E-state index contributed by atoms with van der Waals surface area (Å²) in [4.78, 5) is 2.35. The maximum Gasteiger partial charge on any atom is 0.0996 e. The van der Waals surface area contributed by atoms with Gasteiger partial charge in [0.15, 0.2) is 0 Å². The summed E-state index contributed by atoms with van der Waals surface area (Å²) in [5.41, 5.74) is 0.405. The van der Waals surface area contributed by atoms with Gasteiger partial charge >= 0.3 is 0 Å². The second-order valence-corrected chi connectivity index (χ2v) is 4.55. The highest BCUT2D eigenvalue weighted by molar-refractivity contribution is 5.19. The van der Waals surface area contributed by atoms with E-state index in [4.69, 9.17) is 4.74 Å². The third-order valence-electron chi connectivity index (χ3n) is 3.93. The Bertz CT molecular complexity index is 193. The quantitative estimate of drug-likeness (QED) is 0.689. The number of hydrogen-bond acceptors (Lipinski definition) is 3. The molecule has 3 nitrogen and oxygen atoms in total. The summed E-state index contributed by atoms with van der Waals surface area (Å²) in [7, 11) is 6.20. The van der Waals surface area contributed by atoms with Crippen LogP contribution >= 0.6 is 0 Å². The predicted octanol–water partition coefficient (Wildman–Crippen LogP) is 0.459. The van der Waals surface area contributed by atoms with E-state index in [9.17, 15) is 0 Å². The van der Waals surface area contributed by atoms with Crippen molar-refractivity contribution in [1.29, 1.82) is 0 Å². The van der Waals surface area contributed by atoms with Crippen LogP contribution in [0.5, 0.6) is 0 Å². The number of rotatable bonds is 3. The molecule has 1 saturated carbocycles. The van der Waals surface area contributed by atoms with Crippen LogP contribution in [0.25, 0.3) is 0 Å². The van der Waals surface area contributed by atoms with E-state index in [1.54, 1.807) is 0 Å². The Kier molecular flexibility index (Phi) is 2.13. The fourth-order valence-electron chi connectivity index (χ4n) is 2.86. The number of nitrogens with zero attached hydrogens (tertiary/aromatic N) is 1. The van der Waals surface area contributed by atoms with Crippen molar-refractivity contribution >= 4 is 0 Å². The van der Waals surface area contributed by atoms with Crippen LogP contribution in [0.2, 0.25) is 0 Å². The third kappa shape index (κ3) is 1.14. The van der Waals surface area contributed by atoms with Crippen molar-refractivity contribution in [3.63, 3.8) is 0 Å². The first kappa shape index (κ1) is 9.44. The Hall–Kier alpha value is -0.120. The molecule has 1 heterocycles. The maximum absolute atomic E-state index is 5.78. The largest absolute Gasteiger partial charge is 0.375 e. The summed E-state index contributed by atoms with van der Waals surface area (Å²) in [6.07, 6.45) is 3.73. The lowest BCUT2D eigenvalue weighted by atomic mass is 9.89. The standard InChI is InChI=1S/C10H20N2O/c1-12(2)9(4-5-9)10(13-3)6-7-11-8-10/h11H,4-8H2,1-3H3. The van der Waals surface area contributed by atoms with Crippen LogP contribution in [0.3, 0.4) is 0 Å². The zero-order valence-electron chi connectivity index (χ0n) is 8.89. The van der Waals surface area contributed by atoms with Crippen molar-refractivity contribution < 1.29 is 4.74 Å². The van der Waals surface area contributed by atoms with Crippen LogP contribution in [-0.4, -0.2) is 50.3 Å². The predicted molar refractivity (Wildman–Crippen MR) is 52.9 cm³/mol. The van der Waals surface area contributed by atoms with Crippen molar-refractivity contribution in [3.8, 4) is 0 Å². The van der Waals surface area contributed by atoms with Crippen LogP contribution in [-0.2, 0) is 4.74 Å². The normalized spacial score (nSPS) is 36.9. The average Bonchev–Trinajstić information content (AvgIpc) is 2.80. The van der Waals surface area contributed by atoms with Crippen molar-refractivity contribution in [2.45, 2.75) is 30.4 Å². The van der Waals surface area contributed by atoms with Crippen molar-refractivity contribution in [1.82, 2.24) is 10.2 Å². The zero-order valence-corrected chi connectivity index (χ0v) is 8.89. The van der Waals surface area contributed by atoms with Gasteiger partial charge in [0.25, 0.3) is 0 Å². The Balaban J connectivity index is 2.20. The molecule has 1 unspecified atom stereocenters. The molecule has 0 aromatic rings. The molecular formula is C10H20N2O. The minimum absolute atomic E-state index is 0.0799. The average molecular weight is 184 g/mol. The van der Waals surface area contributed by atoms with Gasteiger partial charge in [-0.25, -0.2) is 0 Å². The zero-order chi connectivity index (χ0) is 9.53. The number of methoxy groups -OCH3 is 1. The molecule has 0 spiro atoms. The molecule has 76 valence electrons. The first-order chi connectivity index (χ1) is 6.17. The van der Waals surface area contributed by atoms with Gasteiger partial charge in [-0.2, -0.15) is 0 Å². The molecule has 0 amide bonds. The molecule has 0 bridgehead atoms. The Labute approximate surface area is 80.4 Å². The Morgan fingerprint density at radius 1 is 1.23 bits per heavy atom. The molecule has 0 radical (unpaired) electrons. The van der Waals surface area contributed by atoms with Crippen molar-refractivity contribution in [2.75, 3.05) is 34.3 Å². The number of nitrogens with one attached hydrogen (secondary N) is 1. The van der Waals surface area contributed by atoms with E-state index in [0.29, 0.717) is 5.54 Å². The smallest absolute Gasteiger partial charge is 0.0996 e. The summed E-state index contributed by atoms with van der Waals surface area (Å²) >= 11 is 0. The van der Waals surface area contributed by atoms with Crippen LogP contribution < -0.4 is 5.32 Å². The molecular weight excluding hydrogens is 164 g/mol. The summed E-state index contributed by atoms with van der Waals surface area (Å²) in [5, 5.41) is 3.41. The summed E-state index contributed by atoms with van der Waals surface area (Å²) in [6, 6.07) is 0. The fourth-order valence-corrected chi connectivity index (χ4v) is 2.86. The first-order valence-electron chi connectivity index (χ1n) is 5.10. The second kappa shape index (κ2) is 2.94. The lowest BCUT2D eigenvalue weighted by molar-refractivity contribution is -0.0661. The van der Waals surface area contributed by atoms with Crippen molar-refractivity contribution in [3.05, 3.63) is 0 Å². The van der Waals surface area contributed by atoms with Gasteiger partial charge in [0, 0.05) is 13.7 Å². The van der Waals surface area contributed by atoms with E-state index >= 15 is 0 Å². The van der Waals surface area contributed by atoms with Gasteiger partial charge in [-0.05, 0) is 39.9 Å². The van der Waals surface area contributed by atoms with Gasteiger partial charge in [0.2, 0.25) is 0 Å². The van der Waals surface area contributed by atoms with Crippen LogP contribution in [0.1, 0.15) is 19.3 Å². The molecule has 3 heteroatoms. The van der Waals surface area contributed by atoms with E-state index in [-0.39, 0.29) is 5.60 Å². The van der Waals surface area contributed by atoms with Gasteiger partial charge in [0.1, 0.15) is 0 Å². The van der Waals surface area contributed by atoms with E-state index in [1.165, 1.54) is 12.8 Å². The third-order valence-corrected chi connectivity index (χ3v) is 3.93. The van der Waals surface area contributed by atoms with Crippen molar-refractivity contribution in [2.24, 2.45) is 0 Å². The lowest BCUT2D eigenvalue weighted by Crippen LogP contribution is -2.55. The highest BCUT2D eigenvalue weighted by Gasteiger charge is 2.62.